The van der Waals surface area contributed by atoms with Crippen molar-refractivity contribution in [3.05, 3.63) is 0 Å². The molecular weight excluding hydrogens is 200 g/mol. The predicted octanol–water partition coefficient (Wildman–Crippen LogP) is 1.82. The van der Waals surface area contributed by atoms with Crippen molar-refractivity contribution >= 4 is 5.91 Å². The Morgan fingerprint density at radius 2 is 2.12 bits per heavy atom. The molecule has 1 heterocycles. The summed E-state index contributed by atoms with van der Waals surface area (Å²) in [6.07, 6.45) is 8.71. The third-order valence-corrected chi connectivity index (χ3v) is 4.11. The van der Waals surface area contributed by atoms with Crippen LogP contribution in [0.3, 0.4) is 0 Å². The number of hydrogen-bond donors (Lipinski definition) is 2. The van der Waals surface area contributed by atoms with Gasteiger partial charge in [-0.15, -0.1) is 0 Å². The van der Waals surface area contributed by atoms with Crippen LogP contribution in [-0.2, 0) is 4.79 Å². The maximum atomic E-state index is 11.1. The Kier molecular flexibility index (Phi) is 4.22. The van der Waals surface area contributed by atoms with Gasteiger partial charge in [-0.2, -0.15) is 0 Å². The average molecular weight is 224 g/mol. The van der Waals surface area contributed by atoms with Gasteiger partial charge < -0.3 is 10.6 Å². The van der Waals surface area contributed by atoms with Gasteiger partial charge in [-0.05, 0) is 25.2 Å². The van der Waals surface area contributed by atoms with Crippen LogP contribution in [0.5, 0.6) is 0 Å². The Bertz CT molecular complexity index is 242. The van der Waals surface area contributed by atoms with Crippen LogP contribution in [0.4, 0.5) is 0 Å². The van der Waals surface area contributed by atoms with Crippen LogP contribution in [0.15, 0.2) is 0 Å². The molecule has 0 aromatic rings. The van der Waals surface area contributed by atoms with E-state index < -0.39 is 0 Å². The van der Waals surface area contributed by atoms with Gasteiger partial charge in [0.15, 0.2) is 0 Å². The summed E-state index contributed by atoms with van der Waals surface area (Å²) in [5.41, 5.74) is 0. The van der Waals surface area contributed by atoms with Crippen LogP contribution in [0.2, 0.25) is 0 Å². The van der Waals surface area contributed by atoms with Crippen LogP contribution >= 0.6 is 0 Å². The van der Waals surface area contributed by atoms with E-state index in [9.17, 15) is 4.79 Å². The minimum atomic E-state index is 0.206. The van der Waals surface area contributed by atoms with E-state index in [0.29, 0.717) is 18.5 Å². The lowest BCUT2D eigenvalue weighted by Crippen LogP contribution is -2.39. The maximum absolute atomic E-state index is 11.1. The molecule has 0 bridgehead atoms. The van der Waals surface area contributed by atoms with Crippen LogP contribution in [0.1, 0.15) is 51.9 Å². The van der Waals surface area contributed by atoms with Gasteiger partial charge in [0.25, 0.3) is 0 Å². The molecule has 92 valence electrons. The predicted molar refractivity (Wildman–Crippen MR) is 65.2 cm³/mol. The van der Waals surface area contributed by atoms with Gasteiger partial charge in [-0.25, -0.2) is 0 Å². The first-order valence-corrected chi connectivity index (χ1v) is 6.80. The van der Waals surface area contributed by atoms with E-state index in [4.69, 9.17) is 0 Å². The maximum Gasteiger partial charge on any atom is 0.221 e. The zero-order chi connectivity index (χ0) is 11.4. The molecule has 1 saturated heterocycles. The molecule has 16 heavy (non-hydrogen) atoms. The fraction of sp³-hybridized carbons (Fsp3) is 0.923. The van der Waals surface area contributed by atoms with E-state index in [1.54, 1.807) is 0 Å². The van der Waals surface area contributed by atoms with Gasteiger partial charge in [-0.3, -0.25) is 4.79 Å². The van der Waals surface area contributed by atoms with E-state index >= 15 is 0 Å². The molecule has 2 fully saturated rings. The third kappa shape index (κ3) is 3.21. The fourth-order valence-corrected chi connectivity index (χ4v) is 3.01. The molecule has 3 nitrogen and oxygen atoms in total. The summed E-state index contributed by atoms with van der Waals surface area (Å²) in [5.74, 6) is 1.15. The van der Waals surface area contributed by atoms with Crippen LogP contribution in [-0.4, -0.2) is 24.5 Å². The van der Waals surface area contributed by atoms with Crippen molar-refractivity contribution in [1.82, 2.24) is 10.6 Å². The third-order valence-electron chi connectivity index (χ3n) is 4.11. The summed E-state index contributed by atoms with van der Waals surface area (Å²) in [4.78, 5) is 11.1. The first kappa shape index (κ1) is 11.9. The van der Waals surface area contributed by atoms with Gasteiger partial charge in [0, 0.05) is 25.0 Å². The Morgan fingerprint density at radius 3 is 2.81 bits per heavy atom. The summed E-state index contributed by atoms with van der Waals surface area (Å²) in [7, 11) is 0. The fourth-order valence-electron chi connectivity index (χ4n) is 3.01. The first-order chi connectivity index (χ1) is 7.78. The van der Waals surface area contributed by atoms with E-state index in [1.807, 2.05) is 0 Å². The Morgan fingerprint density at radius 1 is 1.25 bits per heavy atom. The van der Waals surface area contributed by atoms with Crippen molar-refractivity contribution < 1.29 is 4.79 Å². The molecule has 3 unspecified atom stereocenters. The van der Waals surface area contributed by atoms with Gasteiger partial charge in [0.2, 0.25) is 5.91 Å². The second kappa shape index (κ2) is 5.67. The molecule has 0 aromatic heterocycles. The summed E-state index contributed by atoms with van der Waals surface area (Å²) < 4.78 is 0. The topological polar surface area (TPSA) is 41.1 Å². The molecule has 1 amide bonds. The van der Waals surface area contributed by atoms with Gasteiger partial charge in [-0.1, -0.05) is 26.2 Å². The Labute approximate surface area is 98.4 Å². The normalized spacial score (nSPS) is 35.8. The highest BCUT2D eigenvalue weighted by Crippen LogP contribution is 2.25. The van der Waals surface area contributed by atoms with Crippen LogP contribution < -0.4 is 10.6 Å². The van der Waals surface area contributed by atoms with E-state index in [0.717, 1.165) is 12.5 Å². The zero-order valence-electron chi connectivity index (χ0n) is 10.3. The number of rotatable bonds is 3. The van der Waals surface area contributed by atoms with Gasteiger partial charge >= 0.3 is 0 Å². The lowest BCUT2D eigenvalue weighted by molar-refractivity contribution is -0.119. The molecule has 2 N–H and O–H groups in total. The second-order valence-corrected chi connectivity index (χ2v) is 5.35. The highest BCUT2D eigenvalue weighted by atomic mass is 16.1. The molecule has 0 radical (unpaired) electrons. The summed E-state index contributed by atoms with van der Waals surface area (Å²) in [6, 6.07) is 1.03. The standard InChI is InChI=1S/C13H24N2O/c1-2-10-4-3-5-11(7-6-10)15-12-8-13(16)14-9-12/h10-12,15H,2-9H2,1H3,(H,14,16). The molecule has 1 aliphatic carbocycles. The summed E-state index contributed by atoms with van der Waals surface area (Å²) in [5, 5.41) is 6.54. The lowest BCUT2D eigenvalue weighted by Gasteiger charge is -2.20. The van der Waals surface area contributed by atoms with E-state index in [-0.39, 0.29) is 5.91 Å². The smallest absolute Gasteiger partial charge is 0.221 e. The quantitative estimate of drug-likeness (QED) is 0.718. The molecule has 3 atom stereocenters. The number of hydrogen-bond acceptors (Lipinski definition) is 2. The van der Waals surface area contributed by atoms with Crippen molar-refractivity contribution in [2.45, 2.75) is 64.0 Å². The van der Waals surface area contributed by atoms with Crippen molar-refractivity contribution in [1.29, 1.82) is 0 Å². The van der Waals surface area contributed by atoms with Gasteiger partial charge in [0.05, 0.1) is 0 Å². The van der Waals surface area contributed by atoms with Crippen LogP contribution in [0, 0.1) is 5.92 Å². The molecule has 0 aromatic carbocycles. The van der Waals surface area contributed by atoms with Crippen LogP contribution in [0.25, 0.3) is 0 Å². The molecule has 2 rings (SSSR count). The SMILES string of the molecule is CCC1CCCC(NC2CNC(=O)C2)CC1. The minimum Gasteiger partial charge on any atom is -0.354 e. The summed E-state index contributed by atoms with van der Waals surface area (Å²) in [6.45, 7) is 3.13. The summed E-state index contributed by atoms with van der Waals surface area (Å²) >= 11 is 0. The molecule has 1 aliphatic heterocycles. The molecule has 2 aliphatic rings. The number of nitrogens with one attached hydrogen (secondary N) is 2. The second-order valence-electron chi connectivity index (χ2n) is 5.35. The molecule has 1 saturated carbocycles. The molecule has 0 spiro atoms. The lowest BCUT2D eigenvalue weighted by atomic mass is 9.97. The number of amides is 1. The Balaban J connectivity index is 1.75. The highest BCUT2D eigenvalue weighted by Gasteiger charge is 2.25. The molecular formula is C13H24N2O. The van der Waals surface area contributed by atoms with Crippen molar-refractivity contribution in [2.75, 3.05) is 6.54 Å². The zero-order valence-corrected chi connectivity index (χ0v) is 10.3. The van der Waals surface area contributed by atoms with Gasteiger partial charge in [0.1, 0.15) is 0 Å². The average Bonchev–Trinajstić information content (AvgIpc) is 2.55. The minimum absolute atomic E-state index is 0.206. The molecule has 3 heteroatoms. The number of carbonyl (C=O) groups is 1. The monoisotopic (exact) mass is 224 g/mol. The number of carbonyl (C=O) groups excluding carboxylic acids is 1. The Hall–Kier alpha value is -0.570. The van der Waals surface area contributed by atoms with Crippen molar-refractivity contribution in [3.63, 3.8) is 0 Å². The van der Waals surface area contributed by atoms with E-state index in [2.05, 4.69) is 17.6 Å². The first-order valence-electron chi connectivity index (χ1n) is 6.80. The van der Waals surface area contributed by atoms with E-state index in [1.165, 1.54) is 38.5 Å². The largest absolute Gasteiger partial charge is 0.354 e. The van der Waals surface area contributed by atoms with Crippen molar-refractivity contribution in [3.8, 4) is 0 Å². The van der Waals surface area contributed by atoms with Crippen molar-refractivity contribution in [2.24, 2.45) is 5.92 Å². The highest BCUT2D eigenvalue weighted by molar-refractivity contribution is 5.78.